The number of alkyl halides is 2. The minimum atomic E-state index is -3.05. The quantitative estimate of drug-likeness (QED) is 0.653. The lowest BCUT2D eigenvalue weighted by atomic mass is 9.95. The van der Waals surface area contributed by atoms with E-state index in [0.717, 1.165) is 13.0 Å². The van der Waals surface area contributed by atoms with Crippen molar-refractivity contribution in [1.29, 1.82) is 0 Å². The summed E-state index contributed by atoms with van der Waals surface area (Å²) in [4.78, 5) is 18.5. The molecule has 2 aromatic rings. The molecule has 1 aliphatic carbocycles. The highest BCUT2D eigenvalue weighted by atomic mass is 35.5. The van der Waals surface area contributed by atoms with Gasteiger partial charge in [-0.1, -0.05) is 22.8 Å². The smallest absolute Gasteiger partial charge is 0.328 e. The largest absolute Gasteiger partial charge is 0.480 e. The number of allylic oxidation sites excluding steroid dienone is 1. The lowest BCUT2D eigenvalue weighted by molar-refractivity contribution is -0.137. The zero-order valence-corrected chi connectivity index (χ0v) is 15.8. The average Bonchev–Trinajstić information content (AvgIpc) is 3.28. The molecule has 154 valence electrons. The van der Waals surface area contributed by atoms with Crippen LogP contribution in [0.2, 0.25) is 5.02 Å². The van der Waals surface area contributed by atoms with E-state index in [-0.39, 0.29) is 22.4 Å². The van der Waals surface area contributed by atoms with E-state index in [2.05, 4.69) is 15.1 Å². The van der Waals surface area contributed by atoms with Gasteiger partial charge in [-0.15, -0.1) is 0 Å². The topological polar surface area (TPSA) is 115 Å². The lowest BCUT2D eigenvalue weighted by Crippen LogP contribution is -2.19. The van der Waals surface area contributed by atoms with Gasteiger partial charge in [0.15, 0.2) is 5.82 Å². The first-order valence-electron chi connectivity index (χ1n) is 8.50. The number of aromatic nitrogens is 2. The van der Waals surface area contributed by atoms with Gasteiger partial charge in [-0.25, -0.2) is 18.0 Å². The van der Waals surface area contributed by atoms with E-state index < -0.39 is 35.4 Å². The van der Waals surface area contributed by atoms with Crippen LogP contribution in [0.4, 0.5) is 13.2 Å². The van der Waals surface area contributed by atoms with Crippen LogP contribution in [-0.2, 0) is 10.2 Å². The summed E-state index contributed by atoms with van der Waals surface area (Å²) in [6.07, 6.45) is -0.974. The van der Waals surface area contributed by atoms with Gasteiger partial charge in [-0.3, -0.25) is 4.99 Å². The predicted molar refractivity (Wildman–Crippen MR) is 98.4 cm³/mol. The fraction of sp³-hybridized carbons (Fsp3) is 0.333. The Kier molecular flexibility index (Phi) is 5.65. The number of hydrogen-bond donors (Lipinski definition) is 2. The van der Waals surface area contributed by atoms with Gasteiger partial charge in [0.2, 0.25) is 0 Å². The standard InChI is InChI=1S/C18H16ClF3N4O3/c1-8(16(27)28)24-13(14(21)22)7-12(23)15-25-17(26-29-15)18(4-5-18)10-3-2-9(20)6-11(10)19/h2-3,6-8,14H,4-5,23H2,1H3,(H,27,28)/b12-7-,24-13?. The first-order valence-corrected chi connectivity index (χ1v) is 8.88. The van der Waals surface area contributed by atoms with Crippen molar-refractivity contribution in [1.82, 2.24) is 10.1 Å². The molecule has 1 aromatic carbocycles. The molecule has 3 rings (SSSR count). The van der Waals surface area contributed by atoms with E-state index in [9.17, 15) is 18.0 Å². The summed E-state index contributed by atoms with van der Waals surface area (Å²) in [6, 6.07) is 2.61. The molecule has 1 fully saturated rings. The first kappa shape index (κ1) is 20.8. The lowest BCUT2D eigenvalue weighted by Gasteiger charge is -2.12. The highest BCUT2D eigenvalue weighted by Gasteiger charge is 2.51. The molecular weight excluding hydrogens is 413 g/mol. The maximum absolute atomic E-state index is 13.3. The van der Waals surface area contributed by atoms with Crippen LogP contribution in [0.5, 0.6) is 0 Å². The predicted octanol–water partition coefficient (Wildman–Crippen LogP) is 3.42. The van der Waals surface area contributed by atoms with E-state index in [0.29, 0.717) is 18.4 Å². The SMILES string of the molecule is CC(N=C(/C=C(\N)c1nc(C2(c3ccc(F)cc3Cl)CC2)no1)C(F)F)C(=O)O. The molecule has 1 atom stereocenters. The van der Waals surface area contributed by atoms with E-state index in [1.165, 1.54) is 18.2 Å². The molecule has 0 saturated heterocycles. The Bertz CT molecular complexity index is 1000. The molecule has 3 N–H and O–H groups in total. The van der Waals surface area contributed by atoms with Gasteiger partial charge in [0, 0.05) is 5.02 Å². The van der Waals surface area contributed by atoms with Crippen LogP contribution in [-0.4, -0.2) is 39.4 Å². The molecule has 1 unspecified atom stereocenters. The Morgan fingerprint density at radius 3 is 2.69 bits per heavy atom. The molecule has 0 radical (unpaired) electrons. The molecule has 1 heterocycles. The minimum Gasteiger partial charge on any atom is -0.480 e. The van der Waals surface area contributed by atoms with Gasteiger partial charge in [-0.2, -0.15) is 4.98 Å². The average molecular weight is 429 g/mol. The summed E-state index contributed by atoms with van der Waals surface area (Å²) < 4.78 is 44.7. The molecule has 0 spiro atoms. The third-order valence-electron chi connectivity index (χ3n) is 4.52. The van der Waals surface area contributed by atoms with E-state index >= 15 is 0 Å². The minimum absolute atomic E-state index is 0.215. The second kappa shape index (κ2) is 7.86. The van der Waals surface area contributed by atoms with Crippen LogP contribution in [0.15, 0.2) is 33.8 Å². The zero-order chi connectivity index (χ0) is 21.3. The molecule has 0 amide bonds. The fourth-order valence-corrected chi connectivity index (χ4v) is 3.16. The number of benzene rings is 1. The Balaban J connectivity index is 1.91. The molecule has 0 aliphatic heterocycles. The number of nitrogens with zero attached hydrogens (tertiary/aromatic N) is 3. The Morgan fingerprint density at radius 2 is 2.14 bits per heavy atom. The molecule has 11 heteroatoms. The number of nitrogens with two attached hydrogens (primary N) is 1. The van der Waals surface area contributed by atoms with Crippen molar-refractivity contribution in [2.45, 2.75) is 37.6 Å². The van der Waals surface area contributed by atoms with Gasteiger partial charge < -0.3 is 15.4 Å². The Labute approximate surface area is 168 Å². The van der Waals surface area contributed by atoms with Crippen LogP contribution >= 0.6 is 11.6 Å². The molecular formula is C18H16ClF3N4O3. The van der Waals surface area contributed by atoms with Crippen LogP contribution in [0.3, 0.4) is 0 Å². The van der Waals surface area contributed by atoms with Crippen molar-refractivity contribution in [2.24, 2.45) is 10.7 Å². The van der Waals surface area contributed by atoms with Crippen molar-refractivity contribution in [2.75, 3.05) is 0 Å². The number of aliphatic carboxylic acids is 1. The van der Waals surface area contributed by atoms with Crippen molar-refractivity contribution in [3.63, 3.8) is 0 Å². The highest BCUT2D eigenvalue weighted by molar-refractivity contribution is 6.31. The van der Waals surface area contributed by atoms with Gasteiger partial charge in [0.05, 0.1) is 11.1 Å². The van der Waals surface area contributed by atoms with E-state index in [4.69, 9.17) is 27.0 Å². The monoisotopic (exact) mass is 428 g/mol. The maximum Gasteiger partial charge on any atom is 0.328 e. The number of carboxylic acid groups (broad SMARTS) is 1. The highest BCUT2D eigenvalue weighted by Crippen LogP contribution is 2.54. The second-order valence-corrected chi connectivity index (χ2v) is 7.01. The number of halogens is 4. The number of aliphatic imine (C=N–C) groups is 1. The summed E-state index contributed by atoms with van der Waals surface area (Å²) in [5.74, 6) is -1.82. The molecule has 1 aromatic heterocycles. The molecule has 7 nitrogen and oxygen atoms in total. The molecule has 29 heavy (non-hydrogen) atoms. The molecule has 0 bridgehead atoms. The van der Waals surface area contributed by atoms with Gasteiger partial charge in [0.25, 0.3) is 12.3 Å². The number of carboxylic acids is 1. The van der Waals surface area contributed by atoms with Gasteiger partial charge in [0.1, 0.15) is 17.6 Å². The normalized spacial score (nSPS) is 17.4. The number of hydrogen-bond acceptors (Lipinski definition) is 6. The third-order valence-corrected chi connectivity index (χ3v) is 4.84. The summed E-state index contributed by atoms with van der Waals surface area (Å²) in [7, 11) is 0. The number of carbonyl (C=O) groups is 1. The Hall–Kier alpha value is -2.88. The summed E-state index contributed by atoms with van der Waals surface area (Å²) >= 11 is 6.14. The van der Waals surface area contributed by atoms with Crippen molar-refractivity contribution < 1.29 is 27.6 Å². The van der Waals surface area contributed by atoms with Crippen LogP contribution in [0.1, 0.15) is 37.0 Å². The maximum atomic E-state index is 13.3. The summed E-state index contributed by atoms with van der Waals surface area (Å²) in [5, 5.41) is 12.9. The molecule has 1 aliphatic rings. The zero-order valence-electron chi connectivity index (χ0n) is 15.1. The van der Waals surface area contributed by atoms with Crippen LogP contribution < -0.4 is 5.73 Å². The fourth-order valence-electron chi connectivity index (χ4n) is 2.81. The van der Waals surface area contributed by atoms with Crippen LogP contribution in [0.25, 0.3) is 5.70 Å². The second-order valence-electron chi connectivity index (χ2n) is 6.60. The number of rotatable bonds is 7. The van der Waals surface area contributed by atoms with Gasteiger partial charge >= 0.3 is 5.97 Å². The van der Waals surface area contributed by atoms with E-state index in [1.54, 1.807) is 0 Å². The van der Waals surface area contributed by atoms with E-state index in [1.807, 2.05) is 0 Å². The molecule has 1 saturated carbocycles. The summed E-state index contributed by atoms with van der Waals surface area (Å²) in [6.45, 7) is 1.16. The van der Waals surface area contributed by atoms with Gasteiger partial charge in [-0.05, 0) is 43.5 Å². The van der Waals surface area contributed by atoms with Crippen molar-refractivity contribution >= 4 is 29.0 Å². The Morgan fingerprint density at radius 1 is 1.45 bits per heavy atom. The summed E-state index contributed by atoms with van der Waals surface area (Å²) in [5.41, 5.74) is 4.63. The first-order chi connectivity index (χ1) is 13.6. The third kappa shape index (κ3) is 4.26. The van der Waals surface area contributed by atoms with Crippen molar-refractivity contribution in [3.05, 3.63) is 52.4 Å². The van der Waals surface area contributed by atoms with Crippen LogP contribution in [0, 0.1) is 5.82 Å². The van der Waals surface area contributed by atoms with Crippen molar-refractivity contribution in [3.8, 4) is 0 Å².